The Kier molecular flexibility index (Phi) is 2.66. The summed E-state index contributed by atoms with van der Waals surface area (Å²) in [6.07, 6.45) is 2.34. The Bertz CT molecular complexity index is 152. The van der Waals surface area contributed by atoms with Crippen molar-refractivity contribution in [1.82, 2.24) is 0 Å². The molecule has 1 aliphatic carbocycles. The smallest absolute Gasteiger partial charge is 0.141 e. The summed E-state index contributed by atoms with van der Waals surface area (Å²) < 4.78 is 0. The maximum atomic E-state index is 11.4. The highest BCUT2D eigenvalue weighted by atomic mass is 16.3. The van der Waals surface area contributed by atoms with E-state index in [1.807, 2.05) is 13.8 Å². The second-order valence-electron chi connectivity index (χ2n) is 3.66. The molecule has 1 rings (SSSR count). The molecule has 2 nitrogen and oxygen atoms in total. The lowest BCUT2D eigenvalue weighted by Gasteiger charge is -2.14. The van der Waals surface area contributed by atoms with Crippen LogP contribution in [0.15, 0.2) is 0 Å². The number of rotatable bonds is 2. The van der Waals surface area contributed by atoms with Crippen LogP contribution >= 0.6 is 0 Å². The minimum atomic E-state index is -0.357. The van der Waals surface area contributed by atoms with Crippen LogP contribution in [-0.4, -0.2) is 17.0 Å². The van der Waals surface area contributed by atoms with E-state index in [1.165, 1.54) is 0 Å². The van der Waals surface area contributed by atoms with Gasteiger partial charge in [-0.05, 0) is 12.8 Å². The Labute approximate surface area is 67.6 Å². The van der Waals surface area contributed by atoms with Crippen LogP contribution in [0.4, 0.5) is 0 Å². The molecule has 0 aromatic carbocycles. The van der Waals surface area contributed by atoms with Crippen molar-refractivity contribution >= 4 is 5.78 Å². The molecule has 0 aromatic heterocycles. The summed E-state index contributed by atoms with van der Waals surface area (Å²) in [6, 6.07) is 0. The van der Waals surface area contributed by atoms with E-state index in [1.54, 1.807) is 0 Å². The van der Waals surface area contributed by atoms with E-state index in [-0.39, 0.29) is 23.7 Å². The molecule has 64 valence electrons. The molecule has 0 unspecified atom stereocenters. The number of ketones is 1. The lowest BCUT2D eigenvalue weighted by atomic mass is 9.92. The Morgan fingerprint density at radius 1 is 1.45 bits per heavy atom. The topological polar surface area (TPSA) is 37.3 Å². The fourth-order valence-corrected chi connectivity index (χ4v) is 1.70. The minimum Gasteiger partial charge on any atom is -0.392 e. The molecule has 0 spiro atoms. The summed E-state index contributed by atoms with van der Waals surface area (Å²) in [7, 11) is 0. The Balaban J connectivity index is 2.53. The maximum Gasteiger partial charge on any atom is 0.141 e. The van der Waals surface area contributed by atoms with Crippen molar-refractivity contribution in [2.45, 2.75) is 39.2 Å². The molecule has 11 heavy (non-hydrogen) atoms. The first kappa shape index (κ1) is 8.72. The predicted molar refractivity (Wildman–Crippen MR) is 43.2 cm³/mol. The number of hydrogen-bond donors (Lipinski definition) is 1. The molecule has 2 atom stereocenters. The van der Waals surface area contributed by atoms with Crippen LogP contribution < -0.4 is 0 Å². The molecule has 1 aliphatic rings. The number of aliphatic hydroxyl groups excluding tert-OH is 1. The van der Waals surface area contributed by atoms with Gasteiger partial charge in [0.25, 0.3) is 0 Å². The van der Waals surface area contributed by atoms with Gasteiger partial charge in [0.05, 0.1) is 6.10 Å². The Morgan fingerprint density at radius 2 is 2.09 bits per heavy atom. The summed E-state index contributed by atoms with van der Waals surface area (Å²) in [5, 5.41) is 9.39. The van der Waals surface area contributed by atoms with Crippen molar-refractivity contribution < 1.29 is 9.90 Å². The Morgan fingerprint density at radius 3 is 2.45 bits per heavy atom. The van der Waals surface area contributed by atoms with Crippen molar-refractivity contribution in [3.05, 3.63) is 0 Å². The zero-order chi connectivity index (χ0) is 8.43. The third-order valence-corrected chi connectivity index (χ3v) is 2.41. The van der Waals surface area contributed by atoms with Crippen molar-refractivity contribution in [2.75, 3.05) is 0 Å². The van der Waals surface area contributed by atoms with Gasteiger partial charge >= 0.3 is 0 Å². The average Bonchev–Trinajstić information content (AvgIpc) is 2.33. The largest absolute Gasteiger partial charge is 0.392 e. The number of aliphatic hydroxyl groups is 1. The first-order valence-corrected chi connectivity index (χ1v) is 4.34. The van der Waals surface area contributed by atoms with Gasteiger partial charge in [-0.15, -0.1) is 0 Å². The van der Waals surface area contributed by atoms with Crippen molar-refractivity contribution in [2.24, 2.45) is 11.8 Å². The van der Waals surface area contributed by atoms with Crippen molar-refractivity contribution in [3.63, 3.8) is 0 Å². The maximum absolute atomic E-state index is 11.4. The molecule has 0 aliphatic heterocycles. The lowest BCUT2D eigenvalue weighted by Crippen LogP contribution is -2.26. The van der Waals surface area contributed by atoms with Gasteiger partial charge in [0, 0.05) is 11.8 Å². The van der Waals surface area contributed by atoms with E-state index < -0.39 is 0 Å². The summed E-state index contributed by atoms with van der Waals surface area (Å²) in [5.74, 6) is 0.248. The van der Waals surface area contributed by atoms with Crippen LogP contribution in [0.1, 0.15) is 33.1 Å². The van der Waals surface area contributed by atoms with Crippen LogP contribution in [-0.2, 0) is 4.79 Å². The molecule has 0 saturated heterocycles. The Hall–Kier alpha value is -0.370. The highest BCUT2D eigenvalue weighted by molar-refractivity contribution is 5.83. The highest BCUT2D eigenvalue weighted by Crippen LogP contribution is 2.28. The first-order chi connectivity index (χ1) is 5.13. The van der Waals surface area contributed by atoms with Crippen LogP contribution in [0.2, 0.25) is 0 Å². The number of hydrogen-bond acceptors (Lipinski definition) is 2. The third kappa shape index (κ3) is 1.80. The van der Waals surface area contributed by atoms with E-state index in [0.29, 0.717) is 0 Å². The molecular weight excluding hydrogens is 140 g/mol. The lowest BCUT2D eigenvalue weighted by molar-refractivity contribution is -0.128. The molecule has 0 radical (unpaired) electrons. The van der Waals surface area contributed by atoms with Gasteiger partial charge in [0.1, 0.15) is 5.78 Å². The molecule has 0 amide bonds. The monoisotopic (exact) mass is 156 g/mol. The number of Topliss-reactive ketones (excluding diaryl/α,β-unsaturated/α-hetero) is 1. The SMILES string of the molecule is CC(C)C(=O)[C@@H]1CCC[C@@H]1O. The number of carbonyl (C=O) groups is 1. The zero-order valence-corrected chi connectivity index (χ0v) is 7.21. The molecule has 2 heteroatoms. The van der Waals surface area contributed by atoms with Gasteiger partial charge in [-0.1, -0.05) is 20.3 Å². The van der Waals surface area contributed by atoms with Gasteiger partial charge in [-0.2, -0.15) is 0 Å². The third-order valence-electron chi connectivity index (χ3n) is 2.41. The molecule has 0 bridgehead atoms. The fraction of sp³-hybridized carbons (Fsp3) is 0.889. The molecular formula is C9H16O2. The molecule has 1 fully saturated rings. The van der Waals surface area contributed by atoms with Gasteiger partial charge in [-0.25, -0.2) is 0 Å². The van der Waals surface area contributed by atoms with Crippen molar-refractivity contribution in [1.29, 1.82) is 0 Å². The van der Waals surface area contributed by atoms with Gasteiger partial charge in [0.15, 0.2) is 0 Å². The van der Waals surface area contributed by atoms with E-state index >= 15 is 0 Å². The normalized spacial score (nSPS) is 31.3. The first-order valence-electron chi connectivity index (χ1n) is 4.34. The van der Waals surface area contributed by atoms with Gasteiger partial charge in [-0.3, -0.25) is 4.79 Å². The second-order valence-corrected chi connectivity index (χ2v) is 3.66. The quantitative estimate of drug-likeness (QED) is 0.655. The predicted octanol–water partition coefficient (Wildman–Crippen LogP) is 1.37. The van der Waals surface area contributed by atoms with Crippen LogP contribution in [0.5, 0.6) is 0 Å². The van der Waals surface area contributed by atoms with E-state index in [0.717, 1.165) is 19.3 Å². The van der Waals surface area contributed by atoms with E-state index in [2.05, 4.69) is 0 Å². The average molecular weight is 156 g/mol. The van der Waals surface area contributed by atoms with Gasteiger partial charge in [0.2, 0.25) is 0 Å². The van der Waals surface area contributed by atoms with Crippen LogP contribution in [0.25, 0.3) is 0 Å². The van der Waals surface area contributed by atoms with Crippen LogP contribution in [0, 0.1) is 11.8 Å². The summed E-state index contributed by atoms with van der Waals surface area (Å²) >= 11 is 0. The summed E-state index contributed by atoms with van der Waals surface area (Å²) in [6.45, 7) is 3.79. The molecule has 1 N–H and O–H groups in total. The summed E-state index contributed by atoms with van der Waals surface area (Å²) in [5.41, 5.74) is 0. The summed E-state index contributed by atoms with van der Waals surface area (Å²) in [4.78, 5) is 11.4. The zero-order valence-electron chi connectivity index (χ0n) is 7.21. The van der Waals surface area contributed by atoms with Crippen LogP contribution in [0.3, 0.4) is 0 Å². The molecule has 0 heterocycles. The minimum absolute atomic E-state index is 0.0602. The fourth-order valence-electron chi connectivity index (χ4n) is 1.70. The van der Waals surface area contributed by atoms with E-state index in [4.69, 9.17) is 0 Å². The number of carbonyl (C=O) groups excluding carboxylic acids is 1. The van der Waals surface area contributed by atoms with Crippen molar-refractivity contribution in [3.8, 4) is 0 Å². The molecule has 0 aromatic rings. The van der Waals surface area contributed by atoms with Gasteiger partial charge < -0.3 is 5.11 Å². The van der Waals surface area contributed by atoms with E-state index in [9.17, 15) is 9.90 Å². The molecule has 1 saturated carbocycles. The standard InChI is InChI=1S/C9H16O2/c1-6(2)9(11)7-4-3-5-8(7)10/h6-8,10H,3-5H2,1-2H3/t7-,8+/m1/s1. The highest BCUT2D eigenvalue weighted by Gasteiger charge is 2.32. The second kappa shape index (κ2) is 3.35.